The first-order valence-corrected chi connectivity index (χ1v) is 11.0. The first-order valence-electron chi connectivity index (χ1n) is 10.0. The van der Waals surface area contributed by atoms with Crippen LogP contribution in [0.5, 0.6) is 11.5 Å². The normalized spacial score (nSPS) is 12.4. The molecule has 8 nitrogen and oxygen atoms in total. The van der Waals surface area contributed by atoms with Gasteiger partial charge in [0.1, 0.15) is 17.2 Å². The number of fused-ring (bicyclic) bond motifs is 1. The molecule has 5 rings (SSSR count). The zero-order chi connectivity index (χ0) is 22.1. The van der Waals surface area contributed by atoms with Crippen molar-refractivity contribution in [1.82, 2.24) is 19.7 Å². The highest BCUT2D eigenvalue weighted by Crippen LogP contribution is 2.34. The molecule has 3 heterocycles. The van der Waals surface area contributed by atoms with E-state index in [9.17, 15) is 4.79 Å². The molecule has 2 N–H and O–H groups in total. The second kappa shape index (κ2) is 8.43. The molecule has 0 aliphatic carbocycles. The minimum absolute atomic E-state index is 0.292. The summed E-state index contributed by atoms with van der Waals surface area (Å²) in [6, 6.07) is 14.8. The summed E-state index contributed by atoms with van der Waals surface area (Å²) in [4.78, 5) is 17.7. The number of rotatable bonds is 6. The van der Waals surface area contributed by atoms with Crippen LogP contribution in [0, 0.1) is 0 Å². The van der Waals surface area contributed by atoms with Crippen LogP contribution < -0.4 is 14.8 Å². The van der Waals surface area contributed by atoms with Crippen molar-refractivity contribution in [1.29, 1.82) is 0 Å². The number of aromatic amines is 1. The number of benzene rings is 2. The van der Waals surface area contributed by atoms with Crippen molar-refractivity contribution < 1.29 is 14.3 Å². The Morgan fingerprint density at radius 1 is 1.09 bits per heavy atom. The highest BCUT2D eigenvalue weighted by molar-refractivity contribution is 7.99. The van der Waals surface area contributed by atoms with Crippen LogP contribution in [0.4, 0.5) is 5.69 Å². The fraction of sp³-hybridized carbons (Fsp3) is 0.174. The van der Waals surface area contributed by atoms with Gasteiger partial charge in [0.15, 0.2) is 5.16 Å². The van der Waals surface area contributed by atoms with Crippen LogP contribution in [0.2, 0.25) is 0 Å². The molecule has 0 spiro atoms. The average Bonchev–Trinajstić information content (AvgIpc) is 3.55. The smallest absolute Gasteiger partial charge is 0.273 e. The molecular weight excluding hydrogens is 426 g/mol. The number of thioether (sulfide) groups is 1. The first kappa shape index (κ1) is 20.2. The molecule has 2 aromatic carbocycles. The second-order valence-electron chi connectivity index (χ2n) is 7.18. The van der Waals surface area contributed by atoms with Crippen LogP contribution in [-0.2, 0) is 6.54 Å². The van der Waals surface area contributed by atoms with Crippen LogP contribution in [0.3, 0.4) is 0 Å². The molecule has 2 aromatic heterocycles. The monoisotopic (exact) mass is 447 g/mol. The van der Waals surface area contributed by atoms with Gasteiger partial charge < -0.3 is 19.4 Å². The van der Waals surface area contributed by atoms with Crippen molar-refractivity contribution in [2.45, 2.75) is 11.7 Å². The van der Waals surface area contributed by atoms with Crippen molar-refractivity contribution in [3.05, 3.63) is 60.4 Å². The molecule has 0 atom stereocenters. The number of nitrogens with zero attached hydrogens (tertiary/aromatic N) is 3. The topological polar surface area (TPSA) is 94.1 Å². The maximum atomic E-state index is 13.0. The number of para-hydroxylation sites is 1. The minimum atomic E-state index is -0.292. The van der Waals surface area contributed by atoms with Crippen molar-refractivity contribution in [3.63, 3.8) is 0 Å². The second-order valence-corrected chi connectivity index (χ2v) is 8.25. The van der Waals surface area contributed by atoms with Gasteiger partial charge >= 0.3 is 0 Å². The molecule has 4 aromatic rings. The molecular formula is C23H21N5O3S. The van der Waals surface area contributed by atoms with E-state index >= 15 is 0 Å². The fourth-order valence-corrected chi connectivity index (χ4v) is 4.58. The third kappa shape index (κ3) is 3.71. The molecule has 9 heteroatoms. The SMILES string of the molecule is COc1ccc(OC)c(-c2cc(C(=O)Nc3ccccc3-c3cn4c(n3)SCC4)[nH]n2)c1. The van der Waals surface area contributed by atoms with E-state index in [1.807, 2.05) is 42.6 Å². The summed E-state index contributed by atoms with van der Waals surface area (Å²) in [5, 5.41) is 11.1. The Morgan fingerprint density at radius 2 is 1.97 bits per heavy atom. The van der Waals surface area contributed by atoms with Gasteiger partial charge in [-0.1, -0.05) is 30.0 Å². The lowest BCUT2D eigenvalue weighted by Crippen LogP contribution is -2.13. The van der Waals surface area contributed by atoms with Crippen molar-refractivity contribution in [2.75, 3.05) is 25.3 Å². The number of H-pyrrole nitrogens is 1. The Morgan fingerprint density at radius 3 is 2.78 bits per heavy atom. The molecule has 0 saturated carbocycles. The maximum Gasteiger partial charge on any atom is 0.273 e. The van der Waals surface area contributed by atoms with E-state index in [0.717, 1.165) is 34.3 Å². The number of amides is 1. The largest absolute Gasteiger partial charge is 0.497 e. The zero-order valence-corrected chi connectivity index (χ0v) is 18.4. The lowest BCUT2D eigenvalue weighted by atomic mass is 10.1. The number of hydrogen-bond donors (Lipinski definition) is 2. The van der Waals surface area contributed by atoms with Gasteiger partial charge in [-0.3, -0.25) is 9.89 Å². The van der Waals surface area contributed by atoms with E-state index < -0.39 is 0 Å². The molecule has 0 fully saturated rings. The summed E-state index contributed by atoms with van der Waals surface area (Å²) in [5.41, 5.74) is 4.05. The van der Waals surface area contributed by atoms with Crippen LogP contribution in [-0.4, -0.2) is 45.6 Å². The molecule has 1 aliphatic heterocycles. The first-order chi connectivity index (χ1) is 15.7. The number of carbonyl (C=O) groups is 1. The van der Waals surface area contributed by atoms with E-state index in [4.69, 9.17) is 14.5 Å². The summed E-state index contributed by atoms with van der Waals surface area (Å²) in [7, 11) is 3.19. The summed E-state index contributed by atoms with van der Waals surface area (Å²) in [6.07, 6.45) is 2.03. The lowest BCUT2D eigenvalue weighted by molar-refractivity contribution is 0.102. The molecule has 1 aliphatic rings. The molecule has 0 saturated heterocycles. The lowest BCUT2D eigenvalue weighted by Gasteiger charge is -2.09. The van der Waals surface area contributed by atoms with E-state index in [1.165, 1.54) is 0 Å². The molecule has 1 amide bonds. The third-order valence-electron chi connectivity index (χ3n) is 5.26. The average molecular weight is 448 g/mol. The van der Waals surface area contributed by atoms with Gasteiger partial charge in [0.25, 0.3) is 5.91 Å². The third-order valence-corrected chi connectivity index (χ3v) is 6.23. The number of methoxy groups -OCH3 is 2. The number of aromatic nitrogens is 4. The number of nitrogens with one attached hydrogen (secondary N) is 2. The highest BCUT2D eigenvalue weighted by atomic mass is 32.2. The molecule has 0 unspecified atom stereocenters. The molecule has 0 bridgehead atoms. The molecule has 162 valence electrons. The molecule has 0 radical (unpaired) electrons. The van der Waals surface area contributed by atoms with Gasteiger partial charge in [-0.25, -0.2) is 4.98 Å². The number of hydrogen-bond acceptors (Lipinski definition) is 6. The quantitative estimate of drug-likeness (QED) is 0.457. The van der Waals surface area contributed by atoms with Gasteiger partial charge in [-0.15, -0.1) is 0 Å². The van der Waals surface area contributed by atoms with Crippen LogP contribution >= 0.6 is 11.8 Å². The van der Waals surface area contributed by atoms with Crippen molar-refractivity contribution in [2.24, 2.45) is 0 Å². The summed E-state index contributed by atoms with van der Waals surface area (Å²) >= 11 is 1.74. The summed E-state index contributed by atoms with van der Waals surface area (Å²) < 4.78 is 12.9. The number of carbonyl (C=O) groups excluding carboxylic acids is 1. The fourth-order valence-electron chi connectivity index (χ4n) is 3.63. The Balaban J connectivity index is 1.41. The Hall–Kier alpha value is -3.72. The maximum absolute atomic E-state index is 13.0. The Labute approximate surface area is 189 Å². The van der Waals surface area contributed by atoms with Gasteiger partial charge in [-0.05, 0) is 30.3 Å². The predicted molar refractivity (Wildman–Crippen MR) is 123 cm³/mol. The minimum Gasteiger partial charge on any atom is -0.497 e. The van der Waals surface area contributed by atoms with Gasteiger partial charge in [0, 0.05) is 29.6 Å². The number of imidazole rings is 1. The van der Waals surface area contributed by atoms with Gasteiger partial charge in [0.05, 0.1) is 31.3 Å². The summed E-state index contributed by atoms with van der Waals surface area (Å²) in [6.45, 7) is 0.951. The highest BCUT2D eigenvalue weighted by Gasteiger charge is 2.19. The Bertz CT molecular complexity index is 1280. The van der Waals surface area contributed by atoms with Crippen molar-refractivity contribution >= 4 is 23.4 Å². The standard InChI is InChI=1S/C23H21N5O3S/c1-30-14-7-8-21(31-2)16(11-14)18-12-19(27-26-18)22(29)24-17-6-4-3-5-15(17)20-13-28-9-10-32-23(28)25-20/h3-8,11-13H,9-10H2,1-2H3,(H,24,29)(H,26,27). The Kier molecular flexibility index (Phi) is 5.32. The number of ether oxygens (including phenoxy) is 2. The summed E-state index contributed by atoms with van der Waals surface area (Å²) in [5.74, 6) is 2.06. The number of anilines is 1. The number of aryl methyl sites for hydroxylation is 1. The van der Waals surface area contributed by atoms with Crippen LogP contribution in [0.25, 0.3) is 22.5 Å². The zero-order valence-electron chi connectivity index (χ0n) is 17.6. The van der Waals surface area contributed by atoms with Crippen LogP contribution in [0.1, 0.15) is 10.5 Å². The van der Waals surface area contributed by atoms with E-state index in [0.29, 0.717) is 28.6 Å². The molecule has 32 heavy (non-hydrogen) atoms. The van der Waals surface area contributed by atoms with Crippen molar-refractivity contribution in [3.8, 4) is 34.0 Å². The predicted octanol–water partition coefficient (Wildman–Crippen LogP) is 4.32. The van der Waals surface area contributed by atoms with E-state index in [1.54, 1.807) is 38.1 Å². The van der Waals surface area contributed by atoms with Gasteiger partial charge in [0.2, 0.25) is 0 Å². The van der Waals surface area contributed by atoms with E-state index in [2.05, 4.69) is 20.1 Å². The van der Waals surface area contributed by atoms with Gasteiger partial charge in [-0.2, -0.15) is 5.10 Å². The van der Waals surface area contributed by atoms with E-state index in [-0.39, 0.29) is 5.91 Å². The van der Waals surface area contributed by atoms with Crippen LogP contribution in [0.15, 0.2) is 59.9 Å².